The highest BCUT2D eigenvalue weighted by molar-refractivity contribution is 5.74. The molecule has 4 rings (SSSR count). The summed E-state index contributed by atoms with van der Waals surface area (Å²) in [7, 11) is 1.58. The first-order chi connectivity index (χ1) is 15.2. The van der Waals surface area contributed by atoms with Crippen molar-refractivity contribution in [2.24, 2.45) is 0 Å². The number of rotatable bonds is 7. The van der Waals surface area contributed by atoms with Crippen molar-refractivity contribution in [3.8, 4) is 29.1 Å². The molecule has 8 heteroatoms. The minimum atomic E-state index is -0.333. The maximum atomic E-state index is 13.2. The van der Waals surface area contributed by atoms with E-state index in [-0.39, 0.29) is 30.2 Å². The van der Waals surface area contributed by atoms with Crippen molar-refractivity contribution in [2.75, 3.05) is 7.11 Å². The summed E-state index contributed by atoms with van der Waals surface area (Å²) in [6.07, 6.45) is 1.68. The zero-order chi connectivity index (χ0) is 21.6. The van der Waals surface area contributed by atoms with Crippen LogP contribution in [0.1, 0.15) is 12.0 Å². The zero-order valence-electron chi connectivity index (χ0n) is 16.9. The van der Waals surface area contributed by atoms with Gasteiger partial charge in [0.15, 0.2) is 5.65 Å². The number of methoxy groups -OCH3 is 1. The van der Waals surface area contributed by atoms with Gasteiger partial charge in [-0.3, -0.25) is 9.36 Å². The molecule has 2 heterocycles. The maximum absolute atomic E-state index is 13.2. The maximum Gasteiger partial charge on any atom is 0.318 e. The van der Waals surface area contributed by atoms with Crippen LogP contribution >= 0.6 is 0 Å². The Kier molecular flexibility index (Phi) is 5.85. The van der Waals surface area contributed by atoms with Gasteiger partial charge in [-0.2, -0.15) is 10.2 Å². The number of hydrogen-bond acceptors (Lipinski definition) is 7. The fraction of sp³-hybridized carbons (Fsp3) is 0.174. The Morgan fingerprint density at radius 2 is 1.84 bits per heavy atom. The van der Waals surface area contributed by atoms with Crippen LogP contribution in [0.4, 0.5) is 0 Å². The summed E-state index contributed by atoms with van der Waals surface area (Å²) in [5, 5.41) is 9.05. The third-order valence-corrected chi connectivity index (χ3v) is 4.68. The van der Waals surface area contributed by atoms with Gasteiger partial charge in [-0.25, -0.2) is 9.97 Å². The molecular formula is C23H19N5O3. The van der Waals surface area contributed by atoms with Crippen molar-refractivity contribution >= 4 is 11.2 Å². The van der Waals surface area contributed by atoms with Gasteiger partial charge in [0.05, 0.1) is 25.8 Å². The van der Waals surface area contributed by atoms with Crippen molar-refractivity contribution < 1.29 is 9.47 Å². The highest BCUT2D eigenvalue weighted by atomic mass is 16.5. The fourth-order valence-electron chi connectivity index (χ4n) is 3.12. The van der Waals surface area contributed by atoms with Crippen LogP contribution in [-0.2, 0) is 13.2 Å². The Labute approximate surface area is 178 Å². The molecule has 0 aliphatic carbocycles. The van der Waals surface area contributed by atoms with Crippen LogP contribution in [0.25, 0.3) is 22.4 Å². The normalized spacial score (nSPS) is 10.6. The van der Waals surface area contributed by atoms with Crippen LogP contribution in [0, 0.1) is 11.3 Å². The second-order valence-corrected chi connectivity index (χ2v) is 6.69. The number of aryl methyl sites for hydroxylation is 1. The van der Waals surface area contributed by atoms with Gasteiger partial charge < -0.3 is 9.47 Å². The van der Waals surface area contributed by atoms with E-state index in [4.69, 9.17) is 14.7 Å². The standard InChI is InChI=1S/C23H19N5O3/c1-30-18-10-8-17(9-11-18)20-22(29)28(13-5-12-24)21-19(26-20)14-25-23(27-21)31-15-16-6-3-2-4-7-16/h2-4,6-11,14H,5,13,15H2,1H3. The van der Waals surface area contributed by atoms with Crippen LogP contribution in [0.3, 0.4) is 0 Å². The minimum Gasteiger partial charge on any atom is -0.497 e. The topological polar surface area (TPSA) is 103 Å². The first-order valence-corrected chi connectivity index (χ1v) is 9.65. The number of aromatic nitrogens is 4. The molecule has 0 fully saturated rings. The highest BCUT2D eigenvalue weighted by Gasteiger charge is 2.15. The van der Waals surface area contributed by atoms with Gasteiger partial charge >= 0.3 is 6.01 Å². The van der Waals surface area contributed by atoms with E-state index in [1.165, 1.54) is 10.8 Å². The van der Waals surface area contributed by atoms with Gasteiger partial charge in [-0.15, -0.1) is 0 Å². The van der Waals surface area contributed by atoms with E-state index in [1.54, 1.807) is 31.4 Å². The lowest BCUT2D eigenvalue weighted by Crippen LogP contribution is -2.24. The molecule has 0 spiro atoms. The quantitative estimate of drug-likeness (QED) is 0.458. The molecule has 0 saturated heterocycles. The largest absolute Gasteiger partial charge is 0.497 e. The SMILES string of the molecule is COc1ccc(-c2nc3cnc(OCc4ccccc4)nc3n(CCC#N)c2=O)cc1. The molecule has 0 amide bonds. The van der Waals surface area contributed by atoms with Crippen LogP contribution in [0.15, 0.2) is 65.6 Å². The Hall–Kier alpha value is -4.25. The van der Waals surface area contributed by atoms with E-state index >= 15 is 0 Å². The van der Waals surface area contributed by atoms with E-state index in [0.29, 0.717) is 29.1 Å². The second-order valence-electron chi connectivity index (χ2n) is 6.69. The smallest absolute Gasteiger partial charge is 0.318 e. The number of nitrogens with zero attached hydrogens (tertiary/aromatic N) is 5. The molecular weight excluding hydrogens is 394 g/mol. The summed E-state index contributed by atoms with van der Waals surface area (Å²) in [4.78, 5) is 26.3. The molecule has 0 bridgehead atoms. The molecule has 0 aliphatic heterocycles. The summed E-state index contributed by atoms with van der Waals surface area (Å²) in [5.41, 5.74) is 2.31. The molecule has 0 aliphatic rings. The van der Waals surface area contributed by atoms with Crippen LogP contribution in [-0.4, -0.2) is 26.6 Å². The minimum absolute atomic E-state index is 0.139. The number of fused-ring (bicyclic) bond motifs is 1. The van der Waals surface area contributed by atoms with Gasteiger partial charge in [0.25, 0.3) is 5.56 Å². The molecule has 0 saturated carbocycles. The van der Waals surface area contributed by atoms with Gasteiger partial charge in [0, 0.05) is 12.1 Å². The van der Waals surface area contributed by atoms with Gasteiger partial charge in [0.1, 0.15) is 23.6 Å². The lowest BCUT2D eigenvalue weighted by Gasteiger charge is -2.12. The third-order valence-electron chi connectivity index (χ3n) is 4.68. The van der Waals surface area contributed by atoms with E-state index < -0.39 is 0 Å². The van der Waals surface area contributed by atoms with E-state index in [9.17, 15) is 4.79 Å². The Bertz CT molecular complexity index is 1300. The molecule has 2 aromatic heterocycles. The molecule has 0 unspecified atom stereocenters. The average Bonchev–Trinajstić information content (AvgIpc) is 2.82. The molecule has 2 aromatic carbocycles. The summed E-state index contributed by atoms with van der Waals surface area (Å²) in [6, 6.07) is 18.9. The van der Waals surface area contributed by atoms with Gasteiger partial charge in [-0.05, 0) is 29.8 Å². The average molecular weight is 413 g/mol. The zero-order valence-corrected chi connectivity index (χ0v) is 16.9. The molecule has 0 atom stereocenters. The second kappa shape index (κ2) is 9.05. The summed E-state index contributed by atoms with van der Waals surface area (Å²) >= 11 is 0. The lowest BCUT2D eigenvalue weighted by atomic mass is 10.1. The molecule has 8 nitrogen and oxygen atoms in total. The predicted octanol–water partition coefficient (Wildman–Crippen LogP) is 3.35. The molecule has 154 valence electrons. The highest BCUT2D eigenvalue weighted by Crippen LogP contribution is 2.21. The monoisotopic (exact) mass is 413 g/mol. The molecule has 0 N–H and O–H groups in total. The van der Waals surface area contributed by atoms with Gasteiger partial charge in [-0.1, -0.05) is 30.3 Å². The summed E-state index contributed by atoms with van der Waals surface area (Å²) in [6.45, 7) is 0.485. The van der Waals surface area contributed by atoms with Crippen molar-refractivity contribution in [2.45, 2.75) is 19.6 Å². The van der Waals surface area contributed by atoms with Gasteiger partial charge in [0.2, 0.25) is 0 Å². The third kappa shape index (κ3) is 4.36. The van der Waals surface area contributed by atoms with Crippen molar-refractivity contribution in [1.82, 2.24) is 19.5 Å². The van der Waals surface area contributed by atoms with Crippen molar-refractivity contribution in [3.63, 3.8) is 0 Å². The number of benzene rings is 2. The van der Waals surface area contributed by atoms with Crippen LogP contribution < -0.4 is 15.0 Å². The van der Waals surface area contributed by atoms with Crippen molar-refractivity contribution in [3.05, 3.63) is 76.7 Å². The van der Waals surface area contributed by atoms with Crippen molar-refractivity contribution in [1.29, 1.82) is 5.26 Å². The Morgan fingerprint density at radius 1 is 1.06 bits per heavy atom. The number of nitriles is 1. The lowest BCUT2D eigenvalue weighted by molar-refractivity contribution is 0.281. The van der Waals surface area contributed by atoms with E-state index in [2.05, 4.69) is 21.0 Å². The predicted molar refractivity (Wildman–Crippen MR) is 115 cm³/mol. The fourth-order valence-corrected chi connectivity index (χ4v) is 3.12. The first kappa shape index (κ1) is 20.0. The van der Waals surface area contributed by atoms with E-state index in [0.717, 1.165) is 5.56 Å². The van der Waals surface area contributed by atoms with Crippen LogP contribution in [0.2, 0.25) is 0 Å². The van der Waals surface area contributed by atoms with Crippen LogP contribution in [0.5, 0.6) is 11.8 Å². The summed E-state index contributed by atoms with van der Waals surface area (Å²) < 4.78 is 12.3. The Balaban J connectivity index is 1.75. The number of hydrogen-bond donors (Lipinski definition) is 0. The molecule has 0 radical (unpaired) electrons. The Morgan fingerprint density at radius 3 is 2.55 bits per heavy atom. The molecule has 31 heavy (non-hydrogen) atoms. The number of ether oxygens (including phenoxy) is 2. The first-order valence-electron chi connectivity index (χ1n) is 9.65. The van der Waals surface area contributed by atoms with E-state index in [1.807, 2.05) is 30.3 Å². The summed E-state index contributed by atoms with van der Waals surface area (Å²) in [5.74, 6) is 0.679. The molecule has 4 aromatic rings.